The highest BCUT2D eigenvalue weighted by Crippen LogP contribution is 2.25. The zero-order chi connectivity index (χ0) is 33.3. The van der Waals surface area contributed by atoms with Crippen molar-refractivity contribution in [3.05, 3.63) is 88.7 Å². The molecule has 1 aliphatic rings. The molecule has 0 fully saturated rings. The van der Waals surface area contributed by atoms with E-state index in [9.17, 15) is 14.4 Å². The number of aldehydes is 1. The van der Waals surface area contributed by atoms with Gasteiger partial charge >= 0.3 is 11.9 Å². The lowest BCUT2D eigenvalue weighted by Crippen LogP contribution is -2.17. The van der Waals surface area contributed by atoms with E-state index in [0.717, 1.165) is 91.3 Å². The fourth-order valence-electron chi connectivity index (χ4n) is 6.85. The first-order valence-corrected chi connectivity index (χ1v) is 15.9. The fourth-order valence-corrected chi connectivity index (χ4v) is 6.85. The van der Waals surface area contributed by atoms with Crippen molar-refractivity contribution in [2.24, 2.45) is 0 Å². The largest absolute Gasteiger partial charge is 0.469 e. The molecular formula is C37H44N4O5. The molecule has 9 nitrogen and oxygen atoms in total. The van der Waals surface area contributed by atoms with Crippen molar-refractivity contribution in [3.8, 4) is 0 Å². The third kappa shape index (κ3) is 5.82. The number of aromatic nitrogens is 4. The molecule has 0 atom stereocenters. The van der Waals surface area contributed by atoms with Crippen LogP contribution in [0.1, 0.15) is 94.0 Å². The topological polar surface area (TPSA) is 133 Å². The van der Waals surface area contributed by atoms with Crippen LogP contribution in [0.2, 0.25) is 0 Å². The van der Waals surface area contributed by atoms with E-state index < -0.39 is 0 Å². The van der Waals surface area contributed by atoms with Crippen molar-refractivity contribution >= 4 is 42.0 Å². The van der Waals surface area contributed by atoms with Crippen LogP contribution in [-0.4, -0.2) is 52.4 Å². The van der Waals surface area contributed by atoms with Crippen LogP contribution in [0.5, 0.6) is 0 Å². The number of hydrogen-bond acceptors (Lipinski definition) is 5. The van der Waals surface area contributed by atoms with Crippen molar-refractivity contribution in [2.75, 3.05) is 14.2 Å². The molecule has 8 bridgehead atoms. The molecule has 5 heterocycles. The number of H-pyrrole nitrogens is 4. The molecule has 242 valence electrons. The van der Waals surface area contributed by atoms with Crippen molar-refractivity contribution in [2.45, 2.75) is 80.1 Å². The van der Waals surface area contributed by atoms with Gasteiger partial charge in [0.15, 0.2) is 6.29 Å². The molecule has 1 aliphatic heterocycles. The van der Waals surface area contributed by atoms with Crippen LogP contribution >= 0.6 is 0 Å². The summed E-state index contributed by atoms with van der Waals surface area (Å²) in [5, 5.41) is 3.52. The summed E-state index contributed by atoms with van der Waals surface area (Å²) in [6.45, 7) is 12.5. The summed E-state index contributed by atoms with van der Waals surface area (Å²) in [6.07, 6.45) is 10.2. The maximum absolute atomic E-state index is 13.0. The average molecular weight is 625 g/mol. The summed E-state index contributed by atoms with van der Waals surface area (Å²) in [4.78, 5) is 51.9. The van der Waals surface area contributed by atoms with Gasteiger partial charge in [0.1, 0.15) is 0 Å². The Bertz CT molecular complexity index is 2100. The lowest BCUT2D eigenvalue weighted by molar-refractivity contribution is -0.141. The minimum absolute atomic E-state index is 0.193. The minimum atomic E-state index is -0.308. The molecule has 4 aromatic heterocycles. The Hall–Kier alpha value is -4.79. The van der Waals surface area contributed by atoms with E-state index in [1.165, 1.54) is 25.3 Å². The Morgan fingerprint density at radius 2 is 1.17 bits per heavy atom. The number of esters is 2. The second-order valence-electron chi connectivity index (χ2n) is 12.0. The second kappa shape index (κ2) is 13.3. The van der Waals surface area contributed by atoms with Gasteiger partial charge in [0, 0.05) is 46.0 Å². The SMILES string of the molecule is CCc1c2[nH]c(c1C)C=c1[nH]c(c(C)c1CC)=Cc1[nH]c(c(CCC(=O)OC)c1C)C=c1[nH]c(c(C)c1CCC(=O)OC)=C2C=O. The van der Waals surface area contributed by atoms with Crippen molar-refractivity contribution in [1.29, 1.82) is 0 Å². The first kappa shape index (κ1) is 32.6. The van der Waals surface area contributed by atoms with Gasteiger partial charge in [0.25, 0.3) is 0 Å². The van der Waals surface area contributed by atoms with E-state index in [0.29, 0.717) is 23.8 Å². The van der Waals surface area contributed by atoms with Gasteiger partial charge in [-0.25, -0.2) is 0 Å². The third-order valence-electron chi connectivity index (χ3n) is 9.58. The highest BCUT2D eigenvalue weighted by molar-refractivity contribution is 6.06. The van der Waals surface area contributed by atoms with E-state index >= 15 is 0 Å². The van der Waals surface area contributed by atoms with Crippen molar-refractivity contribution in [3.63, 3.8) is 0 Å². The summed E-state index contributed by atoms with van der Waals surface area (Å²) in [6, 6.07) is 0. The standard InChI is InChI=1S/C37H44N4O5/c1-9-23-19(3)28-15-29-21(5)25(11-13-34(43)45-7)32(39-29)17-33-26(12-14-35(44)46-8)22(6)36(41-33)27(18-42)37-24(10-2)20(4)30(40-37)16-31(23)38-28/h15-18,38-41H,9-14H2,1-8H3. The monoisotopic (exact) mass is 624 g/mol. The number of carbonyl (C=O) groups is 3. The predicted molar refractivity (Wildman–Crippen MR) is 179 cm³/mol. The highest BCUT2D eigenvalue weighted by atomic mass is 16.5. The maximum Gasteiger partial charge on any atom is 0.305 e. The molecule has 5 rings (SSSR count). The fraction of sp³-hybridized carbons (Fsp3) is 0.378. The normalized spacial score (nSPS) is 12.3. The second-order valence-corrected chi connectivity index (χ2v) is 12.0. The first-order valence-electron chi connectivity index (χ1n) is 15.9. The lowest BCUT2D eigenvalue weighted by Gasteiger charge is -2.04. The zero-order valence-corrected chi connectivity index (χ0v) is 28.1. The molecule has 46 heavy (non-hydrogen) atoms. The number of methoxy groups -OCH3 is 2. The molecule has 0 aromatic carbocycles. The van der Waals surface area contributed by atoms with Gasteiger partial charge in [-0.05, 0) is 116 Å². The molecule has 0 amide bonds. The number of aromatic amines is 4. The zero-order valence-electron chi connectivity index (χ0n) is 28.1. The molecule has 0 aliphatic carbocycles. The van der Waals surface area contributed by atoms with Crippen LogP contribution < -0.4 is 21.4 Å². The molecule has 0 spiro atoms. The molecular weight excluding hydrogens is 580 g/mol. The lowest BCUT2D eigenvalue weighted by atomic mass is 10.0. The molecule has 4 N–H and O–H groups in total. The predicted octanol–water partition coefficient (Wildman–Crippen LogP) is 2.77. The number of ether oxygens (including phenoxy) is 2. The van der Waals surface area contributed by atoms with Gasteiger partial charge < -0.3 is 29.4 Å². The van der Waals surface area contributed by atoms with Crippen LogP contribution in [0, 0.1) is 27.7 Å². The van der Waals surface area contributed by atoms with Crippen LogP contribution in [0.25, 0.3) is 23.8 Å². The van der Waals surface area contributed by atoms with Gasteiger partial charge in [0.2, 0.25) is 0 Å². The molecule has 0 unspecified atom stereocenters. The van der Waals surface area contributed by atoms with Crippen molar-refractivity contribution in [1.82, 2.24) is 19.9 Å². The van der Waals surface area contributed by atoms with Crippen LogP contribution in [0.3, 0.4) is 0 Å². The highest BCUT2D eigenvalue weighted by Gasteiger charge is 2.21. The van der Waals surface area contributed by atoms with Gasteiger partial charge in [-0.2, -0.15) is 0 Å². The number of nitrogens with one attached hydrogen (secondary N) is 4. The van der Waals surface area contributed by atoms with E-state index in [1.54, 1.807) is 0 Å². The smallest absolute Gasteiger partial charge is 0.305 e. The minimum Gasteiger partial charge on any atom is -0.469 e. The van der Waals surface area contributed by atoms with Crippen LogP contribution in [0.4, 0.5) is 0 Å². The summed E-state index contributed by atoms with van der Waals surface area (Å²) < 4.78 is 9.92. The molecule has 0 saturated carbocycles. The Kier molecular flexibility index (Phi) is 9.42. The number of fused-ring (bicyclic) bond motifs is 8. The van der Waals surface area contributed by atoms with E-state index in [4.69, 9.17) is 9.47 Å². The van der Waals surface area contributed by atoms with Gasteiger partial charge in [-0.15, -0.1) is 0 Å². The summed E-state index contributed by atoms with van der Waals surface area (Å²) in [7, 11) is 2.78. The van der Waals surface area contributed by atoms with Gasteiger partial charge in [-0.1, -0.05) is 13.8 Å². The van der Waals surface area contributed by atoms with Crippen molar-refractivity contribution < 1.29 is 23.9 Å². The molecule has 9 heteroatoms. The molecule has 0 radical (unpaired) electrons. The number of carbonyl (C=O) groups excluding carboxylic acids is 3. The summed E-state index contributed by atoms with van der Waals surface area (Å²) in [5.41, 5.74) is 12.5. The Morgan fingerprint density at radius 3 is 1.78 bits per heavy atom. The van der Waals surface area contributed by atoms with Crippen LogP contribution in [0.15, 0.2) is 0 Å². The number of rotatable bonds is 9. The quantitative estimate of drug-likeness (QED) is 0.168. The van der Waals surface area contributed by atoms with E-state index in [2.05, 4.69) is 66.7 Å². The summed E-state index contributed by atoms with van der Waals surface area (Å²) in [5.74, 6) is -0.588. The molecule has 0 saturated heterocycles. The van der Waals surface area contributed by atoms with Gasteiger partial charge in [-0.3, -0.25) is 14.4 Å². The molecule has 4 aromatic rings. The Morgan fingerprint density at radius 1 is 0.630 bits per heavy atom. The summed E-state index contributed by atoms with van der Waals surface area (Å²) >= 11 is 0. The third-order valence-corrected chi connectivity index (χ3v) is 9.58. The first-order chi connectivity index (χ1) is 22.1. The van der Waals surface area contributed by atoms with E-state index in [1.807, 2.05) is 13.0 Å². The van der Waals surface area contributed by atoms with Gasteiger partial charge in [0.05, 0.1) is 30.8 Å². The van der Waals surface area contributed by atoms with Crippen LogP contribution in [-0.2, 0) is 49.5 Å². The Labute approximate surface area is 268 Å². The average Bonchev–Trinajstić information content (AvgIpc) is 3.72. The number of hydrogen-bond donors (Lipinski definition) is 4. The Balaban J connectivity index is 1.94. The van der Waals surface area contributed by atoms with E-state index in [-0.39, 0.29) is 24.8 Å². The maximum atomic E-state index is 13.0.